The highest BCUT2D eigenvalue weighted by molar-refractivity contribution is 7.89. The minimum absolute atomic E-state index is 0.0173. The monoisotopic (exact) mass is 465 g/mol. The normalized spacial score (nSPS) is 11.5. The predicted molar refractivity (Wildman–Crippen MR) is 122 cm³/mol. The molecule has 31 heavy (non-hydrogen) atoms. The first-order chi connectivity index (χ1) is 14.6. The summed E-state index contributed by atoms with van der Waals surface area (Å²) in [5, 5.41) is 5.79. The van der Waals surface area contributed by atoms with E-state index in [-0.39, 0.29) is 29.8 Å². The molecule has 0 fully saturated rings. The summed E-state index contributed by atoms with van der Waals surface area (Å²) in [4.78, 5) is 23.7. The third-order valence-electron chi connectivity index (χ3n) is 4.48. The van der Waals surface area contributed by atoms with Gasteiger partial charge in [0.1, 0.15) is 0 Å². The van der Waals surface area contributed by atoms with E-state index in [4.69, 9.17) is 11.6 Å². The van der Waals surface area contributed by atoms with Gasteiger partial charge in [0.25, 0.3) is 0 Å². The maximum Gasteiger partial charge on any atom is 0.243 e. The van der Waals surface area contributed by atoms with Crippen molar-refractivity contribution in [3.05, 3.63) is 59.1 Å². The second kappa shape index (κ2) is 11.3. The van der Waals surface area contributed by atoms with Crippen LogP contribution in [0.25, 0.3) is 0 Å². The smallest absolute Gasteiger partial charge is 0.243 e. The number of hydrogen-bond acceptors (Lipinski definition) is 4. The van der Waals surface area contributed by atoms with Gasteiger partial charge in [-0.3, -0.25) is 9.59 Å². The van der Waals surface area contributed by atoms with Crippen molar-refractivity contribution >= 4 is 39.1 Å². The summed E-state index contributed by atoms with van der Waals surface area (Å²) in [6, 6.07) is 12.7. The van der Waals surface area contributed by atoms with Crippen LogP contribution >= 0.6 is 11.6 Å². The van der Waals surface area contributed by atoms with E-state index in [1.807, 2.05) is 13.8 Å². The van der Waals surface area contributed by atoms with Crippen LogP contribution in [0.2, 0.25) is 5.02 Å². The fraction of sp³-hybridized carbons (Fsp3) is 0.364. The van der Waals surface area contributed by atoms with E-state index < -0.39 is 10.0 Å². The van der Waals surface area contributed by atoms with Crippen LogP contribution in [-0.2, 0) is 26.2 Å². The summed E-state index contributed by atoms with van der Waals surface area (Å²) in [6.07, 6.45) is 0.799. The summed E-state index contributed by atoms with van der Waals surface area (Å²) >= 11 is 6.23. The zero-order valence-electron chi connectivity index (χ0n) is 17.9. The molecule has 0 heterocycles. The molecule has 2 N–H and O–H groups in total. The molecule has 0 spiro atoms. The Labute approximate surface area is 188 Å². The lowest BCUT2D eigenvalue weighted by atomic mass is 10.1. The number of halogens is 1. The molecule has 0 saturated carbocycles. The van der Waals surface area contributed by atoms with Gasteiger partial charge >= 0.3 is 0 Å². The summed E-state index contributed by atoms with van der Waals surface area (Å²) in [5.74, 6) is -0.217. The highest BCUT2D eigenvalue weighted by Gasteiger charge is 2.27. The van der Waals surface area contributed by atoms with Gasteiger partial charge in [-0.05, 0) is 48.2 Å². The van der Waals surface area contributed by atoms with Crippen LogP contribution in [0.5, 0.6) is 0 Å². The van der Waals surface area contributed by atoms with Crippen molar-refractivity contribution in [3.8, 4) is 0 Å². The van der Waals surface area contributed by atoms with Crippen molar-refractivity contribution in [3.63, 3.8) is 0 Å². The maximum absolute atomic E-state index is 13.3. The van der Waals surface area contributed by atoms with Gasteiger partial charge in [0, 0.05) is 30.7 Å². The average molecular weight is 466 g/mol. The third-order valence-corrected chi connectivity index (χ3v) is 6.66. The highest BCUT2D eigenvalue weighted by Crippen LogP contribution is 2.23. The Hall–Kier alpha value is -2.42. The number of sulfonamides is 1. The molecule has 9 heteroatoms. The molecule has 2 aromatic carbocycles. The fourth-order valence-electron chi connectivity index (χ4n) is 2.82. The number of amides is 2. The van der Waals surface area contributed by atoms with E-state index in [2.05, 4.69) is 10.6 Å². The van der Waals surface area contributed by atoms with Crippen LogP contribution in [0.4, 0.5) is 5.69 Å². The quantitative estimate of drug-likeness (QED) is 0.559. The lowest BCUT2D eigenvalue weighted by Gasteiger charge is -2.23. The van der Waals surface area contributed by atoms with Crippen LogP contribution in [0, 0.1) is 5.92 Å². The minimum Gasteiger partial charge on any atom is -0.355 e. The molecule has 0 radical (unpaired) electrons. The summed E-state index contributed by atoms with van der Waals surface area (Å²) in [7, 11) is -4.00. The summed E-state index contributed by atoms with van der Waals surface area (Å²) in [5.41, 5.74) is 1.08. The van der Waals surface area contributed by atoms with Crippen molar-refractivity contribution in [1.82, 2.24) is 9.62 Å². The Bertz CT molecular complexity index is 1010. The molecule has 0 unspecified atom stereocenters. The van der Waals surface area contributed by atoms with Crippen molar-refractivity contribution in [1.29, 1.82) is 0 Å². The van der Waals surface area contributed by atoms with Crippen LogP contribution in [0.3, 0.4) is 0 Å². The largest absolute Gasteiger partial charge is 0.355 e. The lowest BCUT2D eigenvalue weighted by molar-refractivity contribution is -0.121. The molecule has 0 aliphatic carbocycles. The minimum atomic E-state index is -4.00. The number of nitrogens with zero attached hydrogens (tertiary/aromatic N) is 1. The molecular formula is C22H28ClN3O4S. The van der Waals surface area contributed by atoms with Gasteiger partial charge in [0.05, 0.1) is 11.4 Å². The van der Waals surface area contributed by atoms with Crippen molar-refractivity contribution in [2.45, 2.75) is 38.6 Å². The number of hydrogen-bond donors (Lipinski definition) is 2. The van der Waals surface area contributed by atoms with Gasteiger partial charge in [-0.2, -0.15) is 4.31 Å². The molecule has 0 aliphatic heterocycles. The Morgan fingerprint density at radius 3 is 2.29 bits per heavy atom. The van der Waals surface area contributed by atoms with E-state index in [0.717, 1.165) is 10.7 Å². The summed E-state index contributed by atoms with van der Waals surface area (Å²) < 4.78 is 27.7. The molecular weight excluding hydrogens is 438 g/mol. The van der Waals surface area contributed by atoms with Gasteiger partial charge in [0.2, 0.25) is 21.8 Å². The second-order valence-corrected chi connectivity index (χ2v) is 9.95. The first kappa shape index (κ1) is 24.8. The zero-order chi connectivity index (χ0) is 23.0. The van der Waals surface area contributed by atoms with Crippen molar-refractivity contribution in [2.75, 3.05) is 18.4 Å². The Kier molecular flexibility index (Phi) is 9.03. The number of anilines is 1. The Morgan fingerprint density at radius 1 is 1.06 bits per heavy atom. The van der Waals surface area contributed by atoms with Crippen molar-refractivity contribution < 1.29 is 18.0 Å². The number of benzene rings is 2. The Morgan fingerprint density at radius 2 is 1.71 bits per heavy atom. The maximum atomic E-state index is 13.3. The Balaban J connectivity index is 2.27. The highest BCUT2D eigenvalue weighted by atomic mass is 35.5. The molecule has 2 rings (SSSR count). The molecule has 7 nitrogen and oxygen atoms in total. The van der Waals surface area contributed by atoms with Gasteiger partial charge in [0.15, 0.2) is 0 Å². The predicted octanol–water partition coefficient (Wildman–Crippen LogP) is 3.65. The molecule has 168 valence electrons. The zero-order valence-corrected chi connectivity index (χ0v) is 19.5. The molecule has 0 aromatic heterocycles. The fourth-order valence-corrected chi connectivity index (χ4v) is 4.39. The molecule has 0 atom stereocenters. The van der Waals surface area contributed by atoms with Gasteiger partial charge < -0.3 is 10.6 Å². The van der Waals surface area contributed by atoms with E-state index in [1.165, 1.54) is 31.2 Å². The first-order valence-corrected chi connectivity index (χ1v) is 11.8. The number of nitrogens with one attached hydrogen (secondary N) is 2. The first-order valence-electron chi connectivity index (χ1n) is 9.97. The number of carbonyl (C=O) groups excluding carboxylic acids is 2. The number of rotatable bonds is 10. The lowest BCUT2D eigenvalue weighted by Crippen LogP contribution is -2.40. The van der Waals surface area contributed by atoms with E-state index >= 15 is 0 Å². The van der Waals surface area contributed by atoms with Gasteiger partial charge in [-0.15, -0.1) is 0 Å². The summed E-state index contributed by atoms with van der Waals surface area (Å²) in [6.45, 7) is 5.55. The van der Waals surface area contributed by atoms with Crippen LogP contribution < -0.4 is 10.6 Å². The standard InChI is InChI=1S/C22H28ClN3O4S/c1-16(2)12-13-24-22(28)15-26(14-18-6-4-5-7-21(18)23)31(29,30)20-10-8-19(9-11-20)25-17(3)27/h4-11,16H,12-15H2,1-3H3,(H,24,28)(H,25,27). The molecule has 0 bridgehead atoms. The topological polar surface area (TPSA) is 95.6 Å². The number of carbonyl (C=O) groups is 2. The van der Waals surface area contributed by atoms with E-state index in [1.54, 1.807) is 24.3 Å². The van der Waals surface area contributed by atoms with Crippen LogP contribution in [-0.4, -0.2) is 37.6 Å². The van der Waals surface area contributed by atoms with Crippen molar-refractivity contribution in [2.24, 2.45) is 5.92 Å². The van der Waals surface area contributed by atoms with E-state index in [9.17, 15) is 18.0 Å². The third kappa shape index (κ3) is 7.65. The van der Waals surface area contributed by atoms with E-state index in [0.29, 0.717) is 28.7 Å². The van der Waals surface area contributed by atoms with Gasteiger partial charge in [-0.25, -0.2) is 8.42 Å². The van der Waals surface area contributed by atoms with Crippen LogP contribution in [0.1, 0.15) is 32.8 Å². The second-order valence-electron chi connectivity index (χ2n) is 7.60. The molecule has 0 aliphatic rings. The molecule has 2 aromatic rings. The average Bonchev–Trinajstić information content (AvgIpc) is 2.68. The van der Waals surface area contributed by atoms with Crippen LogP contribution in [0.15, 0.2) is 53.4 Å². The molecule has 2 amide bonds. The molecule has 0 saturated heterocycles. The SMILES string of the molecule is CC(=O)Nc1ccc(S(=O)(=O)N(CC(=O)NCCC(C)C)Cc2ccccc2Cl)cc1. The van der Waals surface area contributed by atoms with Gasteiger partial charge in [-0.1, -0.05) is 43.6 Å².